The molecule has 80 valence electrons. The third kappa shape index (κ3) is 1.61. The van der Waals surface area contributed by atoms with E-state index < -0.39 is 24.2 Å². The molecule has 1 atom stereocenters. The Kier molecular flexibility index (Phi) is 2.84. The summed E-state index contributed by atoms with van der Waals surface area (Å²) in [6.45, 7) is -0.241. The van der Waals surface area contributed by atoms with Crippen LogP contribution in [0.4, 0.5) is 13.2 Å². The van der Waals surface area contributed by atoms with Gasteiger partial charge in [-0.05, 0) is 0 Å². The van der Waals surface area contributed by atoms with Crippen molar-refractivity contribution in [3.8, 4) is 0 Å². The van der Waals surface area contributed by atoms with Crippen LogP contribution in [0.5, 0.6) is 0 Å². The minimum Gasteiger partial charge on any atom is -0.467 e. The van der Waals surface area contributed by atoms with Gasteiger partial charge in [0.1, 0.15) is 0 Å². The van der Waals surface area contributed by atoms with Crippen molar-refractivity contribution in [3.05, 3.63) is 12.2 Å². The molecule has 14 heavy (non-hydrogen) atoms. The summed E-state index contributed by atoms with van der Waals surface area (Å²) in [5.41, 5.74) is -2.82. The highest BCUT2D eigenvalue weighted by molar-refractivity contribution is 5.81. The van der Waals surface area contributed by atoms with Crippen molar-refractivity contribution in [3.63, 3.8) is 0 Å². The molecule has 3 nitrogen and oxygen atoms in total. The van der Waals surface area contributed by atoms with Gasteiger partial charge in [0, 0.05) is 6.42 Å². The number of hydrogen-bond donors (Lipinski definition) is 0. The standard InChI is InChI=1S/C8H9F3O3/c1-13-6(12)7(8(9,10)11)4-2-3-5-14-7/h2-3H,4-5H2,1H3. The molecule has 1 heterocycles. The SMILES string of the molecule is COC(=O)C1(C(F)(F)F)CC=CCO1. The van der Waals surface area contributed by atoms with Crippen LogP contribution in [0.1, 0.15) is 6.42 Å². The first kappa shape index (κ1) is 11.0. The smallest absolute Gasteiger partial charge is 0.428 e. The Morgan fingerprint density at radius 2 is 2.14 bits per heavy atom. The van der Waals surface area contributed by atoms with Gasteiger partial charge < -0.3 is 9.47 Å². The number of carbonyl (C=O) groups is 1. The molecule has 0 aliphatic carbocycles. The molecule has 1 aliphatic rings. The Morgan fingerprint density at radius 3 is 2.50 bits per heavy atom. The third-order valence-corrected chi connectivity index (χ3v) is 1.97. The van der Waals surface area contributed by atoms with Crippen LogP contribution in [0.15, 0.2) is 12.2 Å². The number of methoxy groups -OCH3 is 1. The average molecular weight is 210 g/mol. The van der Waals surface area contributed by atoms with Gasteiger partial charge in [-0.15, -0.1) is 0 Å². The second-order valence-corrected chi connectivity index (χ2v) is 2.80. The molecular weight excluding hydrogens is 201 g/mol. The number of hydrogen-bond acceptors (Lipinski definition) is 3. The lowest BCUT2D eigenvalue weighted by Gasteiger charge is -2.33. The first-order chi connectivity index (χ1) is 6.44. The highest BCUT2D eigenvalue weighted by Crippen LogP contribution is 2.39. The lowest BCUT2D eigenvalue weighted by atomic mass is 9.97. The van der Waals surface area contributed by atoms with Crippen LogP contribution in [0, 0.1) is 0 Å². The molecule has 0 N–H and O–H groups in total. The van der Waals surface area contributed by atoms with E-state index in [-0.39, 0.29) is 6.61 Å². The van der Waals surface area contributed by atoms with Gasteiger partial charge in [0.25, 0.3) is 5.60 Å². The van der Waals surface area contributed by atoms with Gasteiger partial charge in [-0.25, -0.2) is 4.79 Å². The summed E-state index contributed by atoms with van der Waals surface area (Å²) >= 11 is 0. The Labute approximate surface area is 78.5 Å². The molecule has 0 aromatic carbocycles. The Bertz CT molecular complexity index is 259. The van der Waals surface area contributed by atoms with E-state index in [4.69, 9.17) is 0 Å². The molecule has 0 spiro atoms. The van der Waals surface area contributed by atoms with Gasteiger partial charge in [0.2, 0.25) is 0 Å². The maximum absolute atomic E-state index is 12.6. The number of ether oxygens (including phenoxy) is 2. The summed E-state index contributed by atoms with van der Waals surface area (Å²) < 4.78 is 46.3. The fourth-order valence-electron chi connectivity index (χ4n) is 1.19. The molecule has 6 heteroatoms. The molecule has 1 rings (SSSR count). The van der Waals surface area contributed by atoms with Crippen molar-refractivity contribution >= 4 is 5.97 Å². The van der Waals surface area contributed by atoms with Crippen molar-refractivity contribution in [1.82, 2.24) is 0 Å². The van der Waals surface area contributed by atoms with Crippen LogP contribution in [-0.2, 0) is 14.3 Å². The summed E-state index contributed by atoms with van der Waals surface area (Å²) in [7, 11) is 0.900. The number of rotatable bonds is 1. The molecule has 0 aromatic heterocycles. The van der Waals surface area contributed by atoms with E-state index in [1.54, 1.807) is 0 Å². The molecule has 1 aliphatic heterocycles. The highest BCUT2D eigenvalue weighted by atomic mass is 19.4. The largest absolute Gasteiger partial charge is 0.467 e. The van der Waals surface area contributed by atoms with Gasteiger partial charge in [0.05, 0.1) is 13.7 Å². The highest BCUT2D eigenvalue weighted by Gasteiger charge is 2.62. The molecule has 0 saturated carbocycles. The first-order valence-corrected chi connectivity index (χ1v) is 3.88. The van der Waals surface area contributed by atoms with Crippen molar-refractivity contribution in [2.45, 2.75) is 18.2 Å². The van der Waals surface area contributed by atoms with Crippen molar-refractivity contribution < 1.29 is 27.4 Å². The zero-order valence-electron chi connectivity index (χ0n) is 7.43. The predicted octanol–water partition coefficient (Wildman–Crippen LogP) is 1.44. The molecule has 0 fully saturated rings. The average Bonchev–Trinajstić information content (AvgIpc) is 2.16. The van der Waals surface area contributed by atoms with E-state index in [1.165, 1.54) is 12.2 Å². The lowest BCUT2D eigenvalue weighted by molar-refractivity contribution is -0.274. The third-order valence-electron chi connectivity index (χ3n) is 1.97. The Balaban J connectivity index is 3.02. The van der Waals surface area contributed by atoms with E-state index in [0.717, 1.165) is 7.11 Å². The van der Waals surface area contributed by atoms with E-state index in [1.807, 2.05) is 0 Å². The fourth-order valence-corrected chi connectivity index (χ4v) is 1.19. The Hall–Kier alpha value is -1.04. The molecular formula is C8H9F3O3. The minimum absolute atomic E-state index is 0.241. The maximum atomic E-state index is 12.6. The zero-order chi connectivity index (χ0) is 10.8. The van der Waals surface area contributed by atoms with E-state index in [9.17, 15) is 18.0 Å². The molecule has 0 aromatic rings. The van der Waals surface area contributed by atoms with Crippen LogP contribution in [0.3, 0.4) is 0 Å². The molecule has 0 bridgehead atoms. The van der Waals surface area contributed by atoms with Crippen LogP contribution in [0.2, 0.25) is 0 Å². The number of esters is 1. The van der Waals surface area contributed by atoms with Crippen molar-refractivity contribution in [1.29, 1.82) is 0 Å². The minimum atomic E-state index is -4.76. The second kappa shape index (κ2) is 3.61. The summed E-state index contributed by atoms with van der Waals surface area (Å²) in [6.07, 6.45) is -2.62. The van der Waals surface area contributed by atoms with Gasteiger partial charge in [-0.1, -0.05) is 12.2 Å². The molecule has 0 amide bonds. The van der Waals surface area contributed by atoms with Crippen LogP contribution >= 0.6 is 0 Å². The van der Waals surface area contributed by atoms with Crippen LogP contribution in [0.25, 0.3) is 0 Å². The first-order valence-electron chi connectivity index (χ1n) is 3.88. The monoisotopic (exact) mass is 210 g/mol. The number of carbonyl (C=O) groups excluding carboxylic acids is 1. The fraction of sp³-hybridized carbons (Fsp3) is 0.625. The summed E-state index contributed by atoms with van der Waals surface area (Å²) in [4.78, 5) is 11.0. The quantitative estimate of drug-likeness (QED) is 0.485. The zero-order valence-corrected chi connectivity index (χ0v) is 7.43. The van der Waals surface area contributed by atoms with Crippen molar-refractivity contribution in [2.24, 2.45) is 0 Å². The van der Waals surface area contributed by atoms with Gasteiger partial charge in [-0.3, -0.25) is 0 Å². The van der Waals surface area contributed by atoms with Crippen LogP contribution < -0.4 is 0 Å². The van der Waals surface area contributed by atoms with Gasteiger partial charge in [0.15, 0.2) is 0 Å². The van der Waals surface area contributed by atoms with E-state index in [2.05, 4.69) is 9.47 Å². The summed E-state index contributed by atoms with van der Waals surface area (Å²) in [5.74, 6) is -1.41. The number of alkyl halides is 3. The Morgan fingerprint density at radius 1 is 1.50 bits per heavy atom. The maximum Gasteiger partial charge on any atom is 0.428 e. The van der Waals surface area contributed by atoms with E-state index >= 15 is 0 Å². The lowest BCUT2D eigenvalue weighted by Crippen LogP contribution is -2.55. The summed E-state index contributed by atoms with van der Waals surface area (Å²) in [6, 6.07) is 0. The summed E-state index contributed by atoms with van der Waals surface area (Å²) in [5, 5.41) is 0. The predicted molar refractivity (Wildman–Crippen MR) is 40.5 cm³/mol. The van der Waals surface area contributed by atoms with Crippen molar-refractivity contribution in [2.75, 3.05) is 13.7 Å². The normalized spacial score (nSPS) is 27.4. The molecule has 0 saturated heterocycles. The second-order valence-electron chi connectivity index (χ2n) is 2.80. The van der Waals surface area contributed by atoms with Gasteiger partial charge >= 0.3 is 12.1 Å². The van der Waals surface area contributed by atoms with Gasteiger partial charge in [-0.2, -0.15) is 13.2 Å². The number of halogens is 3. The van der Waals surface area contributed by atoms with E-state index in [0.29, 0.717) is 0 Å². The topological polar surface area (TPSA) is 35.5 Å². The van der Waals surface area contributed by atoms with Crippen LogP contribution in [-0.4, -0.2) is 31.5 Å². The molecule has 0 radical (unpaired) electrons. The molecule has 1 unspecified atom stereocenters.